The van der Waals surface area contributed by atoms with Crippen molar-refractivity contribution in [3.63, 3.8) is 0 Å². The van der Waals surface area contributed by atoms with Gasteiger partial charge in [-0.1, -0.05) is 37.1 Å². The van der Waals surface area contributed by atoms with Gasteiger partial charge >= 0.3 is 0 Å². The minimum absolute atomic E-state index is 0.0568. The van der Waals surface area contributed by atoms with Gasteiger partial charge in [-0.3, -0.25) is 4.79 Å². The third-order valence-electron chi connectivity index (χ3n) is 4.98. The predicted octanol–water partition coefficient (Wildman–Crippen LogP) is 1.37. The monoisotopic (exact) mass is 477 g/mol. The Hall–Kier alpha value is -3.32. The molecule has 0 bridgehead atoms. The molecule has 168 valence electrons. The molecule has 0 atom stereocenters. The summed E-state index contributed by atoms with van der Waals surface area (Å²) in [4.78, 5) is 12.8. The van der Waals surface area contributed by atoms with E-state index in [9.17, 15) is 21.6 Å². The highest BCUT2D eigenvalue weighted by Gasteiger charge is 2.46. The van der Waals surface area contributed by atoms with Gasteiger partial charge in [0.15, 0.2) is 0 Å². The van der Waals surface area contributed by atoms with Crippen LogP contribution in [0.4, 0.5) is 0 Å². The number of sulfonamides is 1. The molecular formula is C19H19N5O6S2. The lowest BCUT2D eigenvalue weighted by atomic mass is 9.96. The Bertz CT molecular complexity index is 1420. The Morgan fingerprint density at radius 2 is 1.81 bits per heavy atom. The Morgan fingerprint density at radius 3 is 2.44 bits per heavy atom. The van der Waals surface area contributed by atoms with Crippen LogP contribution in [-0.2, 0) is 19.9 Å². The molecule has 1 amide bonds. The third-order valence-corrected chi connectivity index (χ3v) is 8.30. The van der Waals surface area contributed by atoms with Gasteiger partial charge in [0.1, 0.15) is 16.5 Å². The Labute approximate surface area is 184 Å². The average molecular weight is 478 g/mol. The first kappa shape index (κ1) is 21.9. The van der Waals surface area contributed by atoms with Gasteiger partial charge < -0.3 is 4.74 Å². The minimum atomic E-state index is -4.44. The van der Waals surface area contributed by atoms with Crippen molar-refractivity contribution in [2.45, 2.75) is 29.8 Å². The average Bonchev–Trinajstić information content (AvgIpc) is 3.33. The number of ether oxygens (including phenoxy) is 1. The molecule has 0 saturated heterocycles. The van der Waals surface area contributed by atoms with E-state index in [0.717, 1.165) is 4.68 Å². The fraction of sp³-hybridized carbons (Fsp3) is 0.263. The number of carbonyl (C=O) groups is 1. The SMILES string of the molecule is COc1cc(C(C)C)c2c(c1)S(=O)(=O)N(CS(=O)(=O)c1nnnn1-c1ccccc1)C2=O. The number of aromatic nitrogens is 4. The summed E-state index contributed by atoms with van der Waals surface area (Å²) >= 11 is 0. The first-order chi connectivity index (χ1) is 15.1. The summed E-state index contributed by atoms with van der Waals surface area (Å²) in [5, 5.41) is 10.1. The van der Waals surface area contributed by atoms with Crippen LogP contribution in [0, 0.1) is 0 Å². The van der Waals surface area contributed by atoms with Crippen LogP contribution in [0.25, 0.3) is 5.69 Å². The van der Waals surface area contributed by atoms with E-state index in [0.29, 0.717) is 15.6 Å². The molecule has 0 fully saturated rings. The number of fused-ring (bicyclic) bond motifs is 1. The van der Waals surface area contributed by atoms with E-state index in [-0.39, 0.29) is 22.1 Å². The van der Waals surface area contributed by atoms with Crippen molar-refractivity contribution in [2.75, 3.05) is 13.0 Å². The number of hydrogen-bond acceptors (Lipinski definition) is 9. The van der Waals surface area contributed by atoms with Crippen LogP contribution in [0.1, 0.15) is 35.7 Å². The standard InChI is InChI=1S/C19H19N5O6S2/c1-12(2)15-9-14(30-3)10-16-17(15)18(25)23(32(16,28)29)11-31(26,27)19-20-21-22-24(19)13-7-5-4-6-8-13/h4-10,12H,11H2,1-3H3. The highest BCUT2D eigenvalue weighted by Crippen LogP contribution is 2.39. The zero-order valence-corrected chi connectivity index (χ0v) is 19.0. The lowest BCUT2D eigenvalue weighted by Gasteiger charge is -2.15. The van der Waals surface area contributed by atoms with E-state index in [1.165, 1.54) is 13.2 Å². The number of tetrazole rings is 1. The van der Waals surface area contributed by atoms with Crippen molar-refractivity contribution < 1.29 is 26.4 Å². The quantitative estimate of drug-likeness (QED) is 0.514. The number of carbonyl (C=O) groups excluding carboxylic acids is 1. The number of nitrogens with zero attached hydrogens (tertiary/aromatic N) is 5. The number of hydrogen-bond donors (Lipinski definition) is 0. The van der Waals surface area contributed by atoms with Gasteiger partial charge in [-0.25, -0.2) is 21.1 Å². The van der Waals surface area contributed by atoms with E-state index in [2.05, 4.69) is 15.5 Å². The van der Waals surface area contributed by atoms with Gasteiger partial charge in [-0.15, -0.1) is 0 Å². The van der Waals surface area contributed by atoms with E-state index in [4.69, 9.17) is 4.74 Å². The zero-order valence-electron chi connectivity index (χ0n) is 17.3. The van der Waals surface area contributed by atoms with Crippen LogP contribution in [0.15, 0.2) is 52.5 Å². The summed E-state index contributed by atoms with van der Waals surface area (Å²) in [7, 11) is -7.49. The maximum atomic E-state index is 13.2. The molecule has 0 unspecified atom stereocenters. The molecule has 0 aliphatic carbocycles. The van der Waals surface area contributed by atoms with Crippen molar-refractivity contribution in [1.29, 1.82) is 0 Å². The van der Waals surface area contributed by atoms with Crippen LogP contribution in [0.5, 0.6) is 5.75 Å². The molecule has 1 aliphatic heterocycles. The van der Waals surface area contributed by atoms with E-state index < -0.39 is 36.8 Å². The third kappa shape index (κ3) is 3.42. The second-order valence-electron chi connectivity index (χ2n) is 7.36. The summed E-state index contributed by atoms with van der Waals surface area (Å²) in [6.45, 7) is 3.59. The number of benzene rings is 2. The van der Waals surface area contributed by atoms with Gasteiger partial charge in [-0.2, -0.15) is 4.68 Å². The molecule has 2 aromatic carbocycles. The number of para-hydroxylation sites is 1. The minimum Gasteiger partial charge on any atom is -0.497 e. The number of methoxy groups -OCH3 is 1. The summed E-state index contributed by atoms with van der Waals surface area (Å²) < 4.78 is 59.1. The predicted molar refractivity (Wildman–Crippen MR) is 112 cm³/mol. The molecule has 2 heterocycles. The summed E-state index contributed by atoms with van der Waals surface area (Å²) in [5.41, 5.74) is 0.752. The summed E-state index contributed by atoms with van der Waals surface area (Å²) in [5.74, 6) is -2.02. The normalized spacial score (nSPS) is 15.2. The van der Waals surface area contributed by atoms with Crippen LogP contribution in [0.3, 0.4) is 0 Å². The van der Waals surface area contributed by atoms with Gasteiger partial charge in [-0.05, 0) is 40.1 Å². The largest absolute Gasteiger partial charge is 0.497 e. The Morgan fingerprint density at radius 1 is 1.12 bits per heavy atom. The number of sulfone groups is 1. The summed E-state index contributed by atoms with van der Waals surface area (Å²) in [6, 6.07) is 11.0. The molecule has 1 aliphatic rings. The maximum Gasteiger partial charge on any atom is 0.274 e. The van der Waals surface area contributed by atoms with E-state index >= 15 is 0 Å². The highest BCUT2D eigenvalue weighted by atomic mass is 32.2. The van der Waals surface area contributed by atoms with Crippen LogP contribution < -0.4 is 4.74 Å². The maximum absolute atomic E-state index is 13.2. The molecule has 32 heavy (non-hydrogen) atoms. The number of rotatable bonds is 6. The molecule has 11 nitrogen and oxygen atoms in total. The number of amides is 1. The molecule has 0 saturated carbocycles. The Kier molecular flexibility index (Phi) is 5.25. The van der Waals surface area contributed by atoms with Crippen molar-refractivity contribution in [2.24, 2.45) is 0 Å². The van der Waals surface area contributed by atoms with Gasteiger partial charge in [0, 0.05) is 6.07 Å². The first-order valence-electron chi connectivity index (χ1n) is 9.43. The topological polar surface area (TPSA) is 141 Å². The zero-order chi connectivity index (χ0) is 23.3. The second-order valence-corrected chi connectivity index (χ2v) is 11.0. The van der Waals surface area contributed by atoms with Crippen LogP contribution >= 0.6 is 0 Å². The second kappa shape index (κ2) is 7.67. The van der Waals surface area contributed by atoms with Gasteiger partial charge in [0.25, 0.3) is 21.1 Å². The van der Waals surface area contributed by atoms with Crippen molar-refractivity contribution in [3.05, 3.63) is 53.6 Å². The fourth-order valence-electron chi connectivity index (χ4n) is 3.41. The van der Waals surface area contributed by atoms with Gasteiger partial charge in [0.2, 0.25) is 9.84 Å². The van der Waals surface area contributed by atoms with E-state index in [1.54, 1.807) is 50.2 Å². The van der Waals surface area contributed by atoms with Crippen molar-refractivity contribution in [3.8, 4) is 11.4 Å². The van der Waals surface area contributed by atoms with Gasteiger partial charge in [0.05, 0.1) is 18.4 Å². The summed E-state index contributed by atoms with van der Waals surface area (Å²) in [6.07, 6.45) is 0. The molecule has 1 aromatic heterocycles. The Balaban J connectivity index is 1.79. The molecule has 0 spiro atoms. The van der Waals surface area contributed by atoms with E-state index in [1.807, 2.05) is 0 Å². The lowest BCUT2D eigenvalue weighted by Crippen LogP contribution is -2.36. The van der Waals surface area contributed by atoms with Crippen LogP contribution in [0.2, 0.25) is 0 Å². The lowest BCUT2D eigenvalue weighted by molar-refractivity contribution is 0.0883. The molecule has 0 radical (unpaired) electrons. The molecule has 4 rings (SSSR count). The smallest absolute Gasteiger partial charge is 0.274 e. The molecule has 0 N–H and O–H groups in total. The first-order valence-corrected chi connectivity index (χ1v) is 12.5. The highest BCUT2D eigenvalue weighted by molar-refractivity contribution is 7.94. The van der Waals surface area contributed by atoms with Crippen molar-refractivity contribution >= 4 is 25.8 Å². The van der Waals surface area contributed by atoms with Crippen LogP contribution in [-0.4, -0.2) is 60.2 Å². The fourth-order valence-corrected chi connectivity index (χ4v) is 6.77. The molecule has 3 aromatic rings. The molecule has 13 heteroatoms. The molecular weight excluding hydrogens is 458 g/mol. The van der Waals surface area contributed by atoms with Crippen molar-refractivity contribution in [1.82, 2.24) is 24.5 Å².